The second-order valence-electron chi connectivity index (χ2n) is 3.53. The molecule has 0 amide bonds. The number of aromatic nitrogens is 1. The van der Waals surface area contributed by atoms with Crippen LogP contribution in [0.4, 0.5) is 0 Å². The van der Waals surface area contributed by atoms with Crippen molar-refractivity contribution in [1.29, 1.82) is 0 Å². The molecule has 1 rings (SSSR count). The van der Waals surface area contributed by atoms with Crippen LogP contribution < -0.4 is 0 Å². The molecule has 0 saturated carbocycles. The number of nitrogens with zero attached hydrogens (tertiary/aromatic N) is 1. The molecular formula is C11H14ClNO4. The van der Waals surface area contributed by atoms with E-state index >= 15 is 0 Å². The molecule has 2 unspecified atom stereocenters. The molecule has 5 nitrogen and oxygen atoms in total. The number of halogens is 1. The molecule has 1 aromatic rings. The highest BCUT2D eigenvalue weighted by Gasteiger charge is 2.28. The van der Waals surface area contributed by atoms with Gasteiger partial charge in [0.25, 0.3) is 0 Å². The van der Waals surface area contributed by atoms with Crippen LogP contribution in [0.1, 0.15) is 24.2 Å². The average Bonchev–Trinajstić information content (AvgIpc) is 2.30. The Morgan fingerprint density at radius 1 is 1.59 bits per heavy atom. The summed E-state index contributed by atoms with van der Waals surface area (Å²) in [6.45, 7) is 3.50. The van der Waals surface area contributed by atoms with E-state index in [9.17, 15) is 15.0 Å². The molecule has 2 atom stereocenters. The van der Waals surface area contributed by atoms with Crippen LogP contribution >= 0.6 is 11.6 Å². The van der Waals surface area contributed by atoms with E-state index in [2.05, 4.69) is 9.72 Å². The van der Waals surface area contributed by atoms with Crippen LogP contribution in [0.2, 0.25) is 5.15 Å². The van der Waals surface area contributed by atoms with Crippen LogP contribution in [-0.4, -0.2) is 33.9 Å². The molecule has 0 aliphatic carbocycles. The fraction of sp³-hybridized carbons (Fsp3) is 0.455. The molecule has 1 heterocycles. The number of aliphatic hydroxyl groups excluding tert-OH is 2. The molecule has 0 radical (unpaired) electrons. The highest BCUT2D eigenvalue weighted by Crippen LogP contribution is 2.24. The van der Waals surface area contributed by atoms with Crippen molar-refractivity contribution in [1.82, 2.24) is 4.98 Å². The quantitative estimate of drug-likeness (QED) is 0.623. The summed E-state index contributed by atoms with van der Waals surface area (Å²) in [5.41, 5.74) is 0.965. The first-order valence-corrected chi connectivity index (χ1v) is 5.50. The Kier molecular flexibility index (Phi) is 4.86. The van der Waals surface area contributed by atoms with Crippen molar-refractivity contribution in [2.45, 2.75) is 26.1 Å². The van der Waals surface area contributed by atoms with Gasteiger partial charge in [-0.15, -0.1) is 0 Å². The van der Waals surface area contributed by atoms with E-state index in [1.54, 1.807) is 19.9 Å². The van der Waals surface area contributed by atoms with Crippen molar-refractivity contribution >= 4 is 17.6 Å². The number of hydrogen-bond acceptors (Lipinski definition) is 5. The molecule has 0 aliphatic heterocycles. The molecule has 2 N–H and O–H groups in total. The topological polar surface area (TPSA) is 79.7 Å². The van der Waals surface area contributed by atoms with Crippen LogP contribution in [0.15, 0.2) is 12.3 Å². The Balaban J connectivity index is 2.91. The van der Waals surface area contributed by atoms with Crippen LogP contribution in [-0.2, 0) is 9.53 Å². The molecule has 0 fully saturated rings. The number of aryl methyl sites for hydroxylation is 1. The molecule has 6 heteroatoms. The highest BCUT2D eigenvalue weighted by molar-refractivity contribution is 6.30. The van der Waals surface area contributed by atoms with Gasteiger partial charge in [-0.1, -0.05) is 11.6 Å². The number of hydrogen-bond donors (Lipinski definition) is 2. The Labute approximate surface area is 104 Å². The lowest BCUT2D eigenvalue weighted by molar-refractivity contribution is -0.159. The summed E-state index contributed by atoms with van der Waals surface area (Å²) in [7, 11) is 0. The van der Waals surface area contributed by atoms with Crippen LogP contribution in [0, 0.1) is 6.92 Å². The van der Waals surface area contributed by atoms with Gasteiger partial charge in [-0.2, -0.15) is 0 Å². The van der Waals surface area contributed by atoms with Gasteiger partial charge in [0.1, 0.15) is 11.3 Å². The summed E-state index contributed by atoms with van der Waals surface area (Å²) >= 11 is 5.78. The standard InChI is InChI=1S/C11H14ClNO4/c1-3-17-11(16)9(15)8(14)7-4-6(2)5-13-10(7)12/h4-5,8-9,14-15H,3H2,1-2H3. The maximum absolute atomic E-state index is 11.3. The second kappa shape index (κ2) is 5.95. The molecule has 94 valence electrons. The Hall–Kier alpha value is -1.17. The van der Waals surface area contributed by atoms with Gasteiger partial charge in [0.05, 0.1) is 6.61 Å². The normalized spacial score (nSPS) is 14.2. The van der Waals surface area contributed by atoms with Gasteiger partial charge in [0, 0.05) is 11.8 Å². The monoisotopic (exact) mass is 259 g/mol. The Morgan fingerprint density at radius 3 is 2.82 bits per heavy atom. The van der Waals surface area contributed by atoms with E-state index in [1.807, 2.05) is 0 Å². The minimum atomic E-state index is -1.67. The van der Waals surface area contributed by atoms with Gasteiger partial charge >= 0.3 is 5.97 Å². The van der Waals surface area contributed by atoms with E-state index in [0.717, 1.165) is 5.56 Å². The van der Waals surface area contributed by atoms with Crippen molar-refractivity contribution < 1.29 is 19.7 Å². The molecular weight excluding hydrogens is 246 g/mol. The fourth-order valence-corrected chi connectivity index (χ4v) is 1.52. The second-order valence-corrected chi connectivity index (χ2v) is 3.89. The SMILES string of the molecule is CCOC(=O)C(O)C(O)c1cc(C)cnc1Cl. The summed E-state index contributed by atoms with van der Waals surface area (Å²) < 4.78 is 4.60. The first kappa shape index (κ1) is 13.9. The summed E-state index contributed by atoms with van der Waals surface area (Å²) in [4.78, 5) is 15.1. The Bertz CT molecular complexity index is 410. The van der Waals surface area contributed by atoms with Crippen molar-refractivity contribution in [3.8, 4) is 0 Å². The third-order valence-corrected chi connectivity index (χ3v) is 2.46. The number of rotatable bonds is 4. The third kappa shape index (κ3) is 3.39. The fourth-order valence-electron chi connectivity index (χ4n) is 1.31. The summed E-state index contributed by atoms with van der Waals surface area (Å²) in [6.07, 6.45) is -1.60. The number of carbonyl (C=O) groups is 1. The van der Waals surface area contributed by atoms with Gasteiger partial charge < -0.3 is 14.9 Å². The average molecular weight is 260 g/mol. The predicted octanol–water partition coefficient (Wildman–Crippen LogP) is 1.00. The zero-order valence-electron chi connectivity index (χ0n) is 9.55. The smallest absolute Gasteiger partial charge is 0.338 e. The Morgan fingerprint density at radius 2 is 2.24 bits per heavy atom. The lowest BCUT2D eigenvalue weighted by atomic mass is 10.1. The zero-order valence-corrected chi connectivity index (χ0v) is 10.3. The summed E-state index contributed by atoms with van der Waals surface area (Å²) in [5, 5.41) is 19.4. The lowest BCUT2D eigenvalue weighted by Gasteiger charge is -2.17. The molecule has 0 aromatic carbocycles. The number of carbonyl (C=O) groups excluding carboxylic acids is 1. The molecule has 17 heavy (non-hydrogen) atoms. The van der Waals surface area contributed by atoms with Crippen molar-refractivity contribution in [3.05, 3.63) is 28.5 Å². The third-order valence-electron chi connectivity index (χ3n) is 2.15. The lowest BCUT2D eigenvalue weighted by Crippen LogP contribution is -2.30. The van der Waals surface area contributed by atoms with Gasteiger partial charge in [0.15, 0.2) is 6.10 Å². The first-order valence-electron chi connectivity index (χ1n) is 5.12. The number of esters is 1. The van der Waals surface area contributed by atoms with E-state index in [-0.39, 0.29) is 17.3 Å². The van der Waals surface area contributed by atoms with Crippen molar-refractivity contribution in [2.24, 2.45) is 0 Å². The van der Waals surface area contributed by atoms with Crippen molar-refractivity contribution in [2.75, 3.05) is 6.61 Å². The van der Waals surface area contributed by atoms with Crippen LogP contribution in [0.5, 0.6) is 0 Å². The predicted molar refractivity (Wildman–Crippen MR) is 61.6 cm³/mol. The molecule has 0 saturated heterocycles. The number of pyridine rings is 1. The number of ether oxygens (including phenoxy) is 1. The maximum atomic E-state index is 11.3. The van der Waals surface area contributed by atoms with E-state index in [0.29, 0.717) is 0 Å². The van der Waals surface area contributed by atoms with Gasteiger partial charge in [-0.3, -0.25) is 0 Å². The minimum Gasteiger partial charge on any atom is -0.464 e. The maximum Gasteiger partial charge on any atom is 0.338 e. The first-order chi connectivity index (χ1) is 7.97. The molecule has 0 bridgehead atoms. The van der Waals surface area contributed by atoms with Gasteiger partial charge in [-0.05, 0) is 25.5 Å². The van der Waals surface area contributed by atoms with E-state index < -0.39 is 18.2 Å². The van der Waals surface area contributed by atoms with Crippen molar-refractivity contribution in [3.63, 3.8) is 0 Å². The summed E-state index contributed by atoms with van der Waals surface area (Å²) in [5.74, 6) is -0.891. The van der Waals surface area contributed by atoms with Gasteiger partial charge in [-0.25, -0.2) is 9.78 Å². The van der Waals surface area contributed by atoms with Gasteiger partial charge in [0.2, 0.25) is 0 Å². The molecule has 0 spiro atoms. The van der Waals surface area contributed by atoms with Crippen LogP contribution in [0.25, 0.3) is 0 Å². The summed E-state index contributed by atoms with van der Waals surface area (Å²) in [6, 6.07) is 1.56. The van der Waals surface area contributed by atoms with E-state index in [4.69, 9.17) is 11.6 Å². The highest BCUT2D eigenvalue weighted by atomic mass is 35.5. The largest absolute Gasteiger partial charge is 0.464 e. The zero-order chi connectivity index (χ0) is 13.0. The number of aliphatic hydroxyl groups is 2. The minimum absolute atomic E-state index is 0.0476. The van der Waals surface area contributed by atoms with E-state index in [1.165, 1.54) is 6.20 Å². The molecule has 1 aromatic heterocycles. The molecule has 0 aliphatic rings. The van der Waals surface area contributed by atoms with Crippen LogP contribution in [0.3, 0.4) is 0 Å².